The zero-order valence-corrected chi connectivity index (χ0v) is 34.9. The molecular formula is C44H58N6O9. The quantitative estimate of drug-likeness (QED) is 0.133. The Bertz CT molecular complexity index is 1910. The second-order valence-electron chi connectivity index (χ2n) is 16.0. The van der Waals surface area contributed by atoms with Gasteiger partial charge in [0.05, 0.1) is 24.8 Å². The summed E-state index contributed by atoms with van der Waals surface area (Å²) in [6, 6.07) is 16.2. The van der Waals surface area contributed by atoms with Crippen molar-refractivity contribution in [3.63, 3.8) is 0 Å². The van der Waals surface area contributed by atoms with Gasteiger partial charge in [-0.25, -0.2) is 4.79 Å². The van der Waals surface area contributed by atoms with Crippen LogP contribution in [0.4, 0.5) is 4.79 Å². The molecule has 0 bridgehead atoms. The molecule has 0 saturated carbocycles. The van der Waals surface area contributed by atoms with Gasteiger partial charge in [-0.3, -0.25) is 24.0 Å². The van der Waals surface area contributed by atoms with Gasteiger partial charge in [-0.2, -0.15) is 0 Å². The summed E-state index contributed by atoms with van der Waals surface area (Å²) in [7, 11) is 0. The molecule has 2 fully saturated rings. The number of aromatic nitrogens is 1. The number of hydrogen-bond donors (Lipinski definition) is 3. The Morgan fingerprint density at radius 3 is 2.20 bits per heavy atom. The lowest BCUT2D eigenvalue weighted by Crippen LogP contribution is -2.57. The number of aryl methyl sites for hydroxylation is 1. The van der Waals surface area contributed by atoms with Crippen molar-refractivity contribution in [3.05, 3.63) is 89.3 Å². The lowest BCUT2D eigenvalue weighted by Gasteiger charge is -2.33. The number of carbonyl (C=O) groups is 6. The Balaban J connectivity index is 1.29. The minimum Gasteiger partial charge on any atom is -0.441 e. The van der Waals surface area contributed by atoms with E-state index in [4.69, 9.17) is 14.0 Å². The molecule has 5 rings (SSSR count). The summed E-state index contributed by atoms with van der Waals surface area (Å²) >= 11 is 0. The lowest BCUT2D eigenvalue weighted by molar-refractivity contribution is -0.142. The second-order valence-corrected chi connectivity index (χ2v) is 16.0. The van der Waals surface area contributed by atoms with Crippen molar-refractivity contribution >= 4 is 35.5 Å². The van der Waals surface area contributed by atoms with Crippen LogP contribution in [0.5, 0.6) is 0 Å². The number of nitrogens with zero attached hydrogens (tertiary/aromatic N) is 3. The third kappa shape index (κ3) is 12.2. The summed E-state index contributed by atoms with van der Waals surface area (Å²) in [5, 5.41) is 12.6. The molecule has 1 aromatic heterocycles. The monoisotopic (exact) mass is 814 g/mol. The van der Waals surface area contributed by atoms with Crippen LogP contribution in [0.15, 0.2) is 71.3 Å². The molecule has 59 heavy (non-hydrogen) atoms. The van der Waals surface area contributed by atoms with Crippen LogP contribution in [-0.4, -0.2) is 106 Å². The molecule has 2 saturated heterocycles. The van der Waals surface area contributed by atoms with Crippen molar-refractivity contribution in [1.29, 1.82) is 0 Å². The van der Waals surface area contributed by atoms with E-state index in [1.54, 1.807) is 6.92 Å². The van der Waals surface area contributed by atoms with E-state index in [-0.39, 0.29) is 62.1 Å². The third-order valence-electron chi connectivity index (χ3n) is 10.8. The van der Waals surface area contributed by atoms with E-state index in [2.05, 4.69) is 21.1 Å². The van der Waals surface area contributed by atoms with Crippen LogP contribution in [0, 0.1) is 5.92 Å². The highest BCUT2D eigenvalue weighted by atomic mass is 16.6. The second kappa shape index (κ2) is 20.4. The minimum atomic E-state index is -1.02. The van der Waals surface area contributed by atoms with Crippen molar-refractivity contribution in [2.45, 2.75) is 122 Å². The van der Waals surface area contributed by atoms with Crippen LogP contribution in [-0.2, 0) is 59.3 Å². The molecule has 2 aliphatic heterocycles. The fourth-order valence-corrected chi connectivity index (χ4v) is 7.40. The molecular weight excluding hydrogens is 757 g/mol. The van der Waals surface area contributed by atoms with E-state index < -0.39 is 65.5 Å². The summed E-state index contributed by atoms with van der Waals surface area (Å²) in [5.41, 5.74) is 1.13. The number of ketones is 1. The summed E-state index contributed by atoms with van der Waals surface area (Å²) in [6.45, 7) is 12.3. The van der Waals surface area contributed by atoms with Crippen molar-refractivity contribution < 1.29 is 42.8 Å². The molecule has 0 aliphatic carbocycles. The number of hydrogen-bond acceptors (Lipinski definition) is 10. The lowest BCUT2D eigenvalue weighted by atomic mass is 9.92. The highest BCUT2D eigenvalue weighted by molar-refractivity contribution is 5.99. The Morgan fingerprint density at radius 2 is 1.59 bits per heavy atom. The molecule has 3 N–H and O–H groups in total. The molecule has 0 radical (unpaired) electrons. The first-order chi connectivity index (χ1) is 28.2. The average Bonchev–Trinajstić information content (AvgIpc) is 3.71. The first-order valence-corrected chi connectivity index (χ1v) is 20.6. The number of epoxide rings is 1. The molecule has 0 spiro atoms. The summed E-state index contributed by atoms with van der Waals surface area (Å²) in [4.78, 5) is 84.7. The van der Waals surface area contributed by atoms with Crippen LogP contribution in [0.25, 0.3) is 0 Å². The number of Topliss-reactive ketones (excluding diaryl/α,β-unsaturated/α-hetero) is 1. The summed E-state index contributed by atoms with van der Waals surface area (Å²) in [5.74, 6) is -1.78. The number of carbonyl (C=O) groups excluding carboxylic acids is 6. The zero-order valence-electron chi connectivity index (χ0n) is 34.9. The van der Waals surface area contributed by atoms with Crippen molar-refractivity contribution in [2.24, 2.45) is 5.92 Å². The summed E-state index contributed by atoms with van der Waals surface area (Å²) in [6.07, 6.45) is 0.821. The Hall–Kier alpha value is -5.57. The first kappa shape index (κ1) is 44.5. The predicted octanol–water partition coefficient (Wildman–Crippen LogP) is 3.92. The van der Waals surface area contributed by atoms with Crippen LogP contribution < -0.4 is 16.0 Å². The van der Waals surface area contributed by atoms with Crippen LogP contribution >= 0.6 is 0 Å². The number of amides is 5. The Morgan fingerprint density at radius 1 is 0.949 bits per heavy atom. The Kier molecular flexibility index (Phi) is 15.4. The SMILES string of the molecule is CCN(CC)C(=O)OCc1cc(CC(=O)N[C@@H](CCc2ccccc2)C(=O)N[C@H]2CC(C)N([C@@H](Cc3ccccc3)C(=O)N[C@@H](CC(C)C)C(=O)C3(C)CO3)C2=O)no1. The molecule has 2 aromatic carbocycles. The van der Waals surface area contributed by atoms with Crippen LogP contribution in [0.3, 0.4) is 0 Å². The summed E-state index contributed by atoms with van der Waals surface area (Å²) < 4.78 is 16.0. The van der Waals surface area contributed by atoms with Gasteiger partial charge in [0.25, 0.3) is 0 Å². The van der Waals surface area contributed by atoms with Gasteiger partial charge in [0.2, 0.25) is 23.6 Å². The molecule has 15 heteroatoms. The number of ether oxygens (including phenoxy) is 2. The van der Waals surface area contributed by atoms with E-state index in [0.29, 0.717) is 25.9 Å². The molecule has 2 aliphatic rings. The maximum Gasteiger partial charge on any atom is 0.410 e. The van der Waals surface area contributed by atoms with Gasteiger partial charge < -0.3 is 39.7 Å². The van der Waals surface area contributed by atoms with Gasteiger partial charge in [0, 0.05) is 31.6 Å². The normalized spacial score (nSPS) is 20.1. The van der Waals surface area contributed by atoms with E-state index in [1.807, 2.05) is 95.3 Å². The molecule has 3 heterocycles. The molecule has 2 unspecified atom stereocenters. The zero-order chi connectivity index (χ0) is 42.7. The average molecular weight is 815 g/mol. The van der Waals surface area contributed by atoms with Gasteiger partial charge in [0.15, 0.2) is 18.2 Å². The van der Waals surface area contributed by atoms with Gasteiger partial charge in [-0.15, -0.1) is 0 Å². The predicted molar refractivity (Wildman–Crippen MR) is 218 cm³/mol. The number of likely N-dealkylation sites (tertiary alicyclic amines) is 1. The Labute approximate surface area is 345 Å². The van der Waals surface area contributed by atoms with E-state index in [9.17, 15) is 28.8 Å². The number of benzene rings is 2. The fourth-order valence-electron chi connectivity index (χ4n) is 7.40. The molecule has 15 nitrogen and oxygen atoms in total. The fraction of sp³-hybridized carbons (Fsp3) is 0.523. The highest BCUT2D eigenvalue weighted by Crippen LogP contribution is 2.30. The van der Waals surface area contributed by atoms with Crippen molar-refractivity contribution in [2.75, 3.05) is 19.7 Å². The maximum atomic E-state index is 14.3. The van der Waals surface area contributed by atoms with E-state index >= 15 is 0 Å². The highest BCUT2D eigenvalue weighted by Gasteiger charge is 2.51. The number of nitrogens with one attached hydrogen (secondary N) is 3. The molecule has 318 valence electrons. The first-order valence-electron chi connectivity index (χ1n) is 20.6. The van der Waals surface area contributed by atoms with Gasteiger partial charge in [-0.05, 0) is 70.4 Å². The third-order valence-corrected chi connectivity index (χ3v) is 10.8. The van der Waals surface area contributed by atoms with Gasteiger partial charge in [0.1, 0.15) is 23.7 Å². The van der Waals surface area contributed by atoms with Crippen molar-refractivity contribution in [3.8, 4) is 0 Å². The molecule has 6 atom stereocenters. The van der Waals surface area contributed by atoms with E-state index in [0.717, 1.165) is 11.1 Å². The number of rotatable bonds is 21. The molecule has 3 aromatic rings. The van der Waals surface area contributed by atoms with Gasteiger partial charge >= 0.3 is 6.09 Å². The van der Waals surface area contributed by atoms with Crippen molar-refractivity contribution in [1.82, 2.24) is 30.9 Å². The standard InChI is InChI=1S/C44H58N6O9/c1-7-49(8-2)43(56)57-26-33-24-32(48-59-33)25-38(51)45-34(20-19-30-15-11-9-12-16-30)40(53)47-36-22-29(5)50(42(36)55)37(23-31-17-13-10-14-18-31)41(54)46-35(21-28(3)4)39(52)44(6)27-58-44/h9-18,24,28-29,34-37H,7-8,19-23,25-27H2,1-6H3,(H,45,51)(H,46,54)(H,47,53)/t29?,34-,35-,36-,37-,44?/m0/s1. The topological polar surface area (TPSA) is 193 Å². The van der Waals surface area contributed by atoms with E-state index in [1.165, 1.54) is 15.9 Å². The smallest absolute Gasteiger partial charge is 0.410 e. The minimum absolute atomic E-state index is 0.101. The van der Waals surface area contributed by atoms with Crippen LogP contribution in [0.2, 0.25) is 0 Å². The molecule has 5 amide bonds. The van der Waals surface area contributed by atoms with Gasteiger partial charge in [-0.1, -0.05) is 79.7 Å². The largest absolute Gasteiger partial charge is 0.441 e. The van der Waals surface area contributed by atoms with Crippen LogP contribution in [0.1, 0.15) is 83.4 Å². The maximum absolute atomic E-state index is 14.3.